The van der Waals surface area contributed by atoms with Gasteiger partial charge in [0.25, 0.3) is 0 Å². The predicted molar refractivity (Wildman–Crippen MR) is 153 cm³/mol. The van der Waals surface area contributed by atoms with Crippen molar-refractivity contribution >= 4 is 23.7 Å². The summed E-state index contributed by atoms with van der Waals surface area (Å²) in [5.41, 5.74) is 2.70. The number of carboxylic acids is 1. The van der Waals surface area contributed by atoms with Crippen LogP contribution in [-0.4, -0.2) is 53.4 Å². The second kappa shape index (κ2) is 13.4. The number of benzene rings is 3. The third-order valence-electron chi connectivity index (χ3n) is 6.96. The lowest BCUT2D eigenvalue weighted by molar-refractivity contribution is 0.0696. The second-order valence-electron chi connectivity index (χ2n) is 9.85. The summed E-state index contributed by atoms with van der Waals surface area (Å²) >= 11 is 0. The van der Waals surface area contributed by atoms with Gasteiger partial charge < -0.3 is 19.5 Å². The summed E-state index contributed by atoms with van der Waals surface area (Å²) in [6.07, 6.45) is 2.14. The van der Waals surface area contributed by atoms with Crippen LogP contribution in [0.5, 0.6) is 5.75 Å². The van der Waals surface area contributed by atoms with Gasteiger partial charge in [0.15, 0.2) is 0 Å². The van der Waals surface area contributed by atoms with E-state index in [1.165, 1.54) is 6.07 Å². The van der Waals surface area contributed by atoms with E-state index >= 15 is 0 Å². The minimum Gasteiger partial charge on any atom is -0.494 e. The standard InChI is InChI=1S/C31H34N4O5/c1-21(32)35-13-10-22(11-14-35)12-15-39-28-18-26(17-27(19-28)30(36)37)24-8-5-9-25(16-24)29(33)34-31(38)40-20-23-6-3-2-4-7-23/h2-9,16-19,22,32H,10-15,20H2,1H3,(H,36,37)(H2,33,34,38). The molecule has 0 bridgehead atoms. The molecule has 1 amide bonds. The van der Waals surface area contributed by atoms with E-state index in [9.17, 15) is 14.7 Å². The van der Waals surface area contributed by atoms with Gasteiger partial charge in [-0.25, -0.2) is 9.59 Å². The van der Waals surface area contributed by atoms with Crippen LogP contribution in [0, 0.1) is 16.7 Å². The molecular formula is C31H34N4O5. The van der Waals surface area contributed by atoms with E-state index in [2.05, 4.69) is 10.2 Å². The van der Waals surface area contributed by atoms with Gasteiger partial charge in [0.1, 0.15) is 18.2 Å². The van der Waals surface area contributed by atoms with Gasteiger partial charge in [0, 0.05) is 18.7 Å². The molecule has 1 heterocycles. The summed E-state index contributed by atoms with van der Waals surface area (Å²) in [4.78, 5) is 26.1. The van der Waals surface area contributed by atoms with Crippen molar-refractivity contribution in [1.29, 1.82) is 10.8 Å². The highest BCUT2D eigenvalue weighted by molar-refractivity contribution is 6.05. The molecule has 1 aliphatic heterocycles. The van der Waals surface area contributed by atoms with Crippen molar-refractivity contribution in [3.63, 3.8) is 0 Å². The lowest BCUT2D eigenvalue weighted by Gasteiger charge is -2.32. The zero-order chi connectivity index (χ0) is 28.5. The molecule has 208 valence electrons. The van der Waals surface area contributed by atoms with Crippen molar-refractivity contribution in [2.24, 2.45) is 5.92 Å². The molecule has 0 aliphatic carbocycles. The first-order valence-corrected chi connectivity index (χ1v) is 13.3. The molecule has 0 atom stereocenters. The van der Waals surface area contributed by atoms with Crippen LogP contribution in [-0.2, 0) is 11.3 Å². The lowest BCUT2D eigenvalue weighted by Crippen LogP contribution is -2.36. The molecule has 0 radical (unpaired) electrons. The Kier molecular flexibility index (Phi) is 9.51. The Morgan fingerprint density at radius 1 is 0.950 bits per heavy atom. The molecule has 0 saturated carbocycles. The highest BCUT2D eigenvalue weighted by Gasteiger charge is 2.19. The van der Waals surface area contributed by atoms with Crippen molar-refractivity contribution < 1.29 is 24.2 Å². The van der Waals surface area contributed by atoms with Gasteiger partial charge in [-0.1, -0.05) is 48.5 Å². The molecule has 3 aromatic rings. The molecule has 0 spiro atoms. The fourth-order valence-electron chi connectivity index (χ4n) is 4.66. The number of nitrogens with zero attached hydrogens (tertiary/aromatic N) is 1. The maximum absolute atomic E-state index is 12.2. The van der Waals surface area contributed by atoms with E-state index in [1.54, 1.807) is 30.3 Å². The number of carbonyl (C=O) groups excluding carboxylic acids is 1. The first kappa shape index (κ1) is 28.4. The highest BCUT2D eigenvalue weighted by atomic mass is 16.5. The van der Waals surface area contributed by atoms with Crippen LogP contribution in [0.2, 0.25) is 0 Å². The average molecular weight is 543 g/mol. The Hall–Kier alpha value is -4.66. The first-order chi connectivity index (χ1) is 19.3. The van der Waals surface area contributed by atoms with Gasteiger partial charge in [-0.3, -0.25) is 16.1 Å². The molecule has 3 aromatic carbocycles. The quantitative estimate of drug-likeness (QED) is 0.200. The summed E-state index contributed by atoms with van der Waals surface area (Å²) in [5, 5.41) is 28.2. The van der Waals surface area contributed by atoms with Crippen molar-refractivity contribution in [3.05, 3.63) is 89.5 Å². The third-order valence-corrected chi connectivity index (χ3v) is 6.96. The number of rotatable bonds is 9. The number of carboxylic acid groups (broad SMARTS) is 1. The lowest BCUT2D eigenvalue weighted by atomic mass is 9.94. The number of aromatic carboxylic acids is 1. The number of hydrogen-bond acceptors (Lipinski definition) is 6. The molecule has 1 aliphatic rings. The van der Waals surface area contributed by atoms with E-state index in [0.717, 1.165) is 37.9 Å². The van der Waals surface area contributed by atoms with Crippen LogP contribution in [0.3, 0.4) is 0 Å². The SMILES string of the molecule is CC(=N)N1CCC(CCOc2cc(C(=O)O)cc(-c3cccc(C(=N)NC(=O)OCc4ccccc4)c3)c2)CC1. The molecule has 40 heavy (non-hydrogen) atoms. The molecule has 9 nitrogen and oxygen atoms in total. The van der Waals surface area contributed by atoms with Crippen LogP contribution in [0.15, 0.2) is 72.8 Å². The van der Waals surface area contributed by atoms with Crippen molar-refractivity contribution in [3.8, 4) is 16.9 Å². The smallest absolute Gasteiger partial charge is 0.413 e. The zero-order valence-corrected chi connectivity index (χ0v) is 22.5. The highest BCUT2D eigenvalue weighted by Crippen LogP contribution is 2.28. The van der Waals surface area contributed by atoms with Gasteiger partial charge in [0.2, 0.25) is 0 Å². The summed E-state index contributed by atoms with van der Waals surface area (Å²) in [6.45, 7) is 4.13. The summed E-state index contributed by atoms with van der Waals surface area (Å²) in [6, 6.07) is 21.1. The van der Waals surface area contributed by atoms with Crippen molar-refractivity contribution in [2.75, 3.05) is 19.7 Å². The molecule has 4 rings (SSSR count). The van der Waals surface area contributed by atoms with Gasteiger partial charge in [-0.15, -0.1) is 0 Å². The maximum Gasteiger partial charge on any atom is 0.413 e. The van der Waals surface area contributed by atoms with Crippen LogP contribution in [0.25, 0.3) is 11.1 Å². The average Bonchev–Trinajstić information content (AvgIpc) is 2.97. The second-order valence-corrected chi connectivity index (χ2v) is 9.85. The maximum atomic E-state index is 12.2. The molecule has 9 heteroatoms. The fourth-order valence-corrected chi connectivity index (χ4v) is 4.66. The molecule has 1 saturated heterocycles. The number of piperidine rings is 1. The number of likely N-dealkylation sites (tertiary alicyclic amines) is 1. The van der Waals surface area contributed by atoms with Crippen LogP contribution < -0.4 is 10.1 Å². The largest absolute Gasteiger partial charge is 0.494 e. The topological polar surface area (TPSA) is 136 Å². The molecular weight excluding hydrogens is 508 g/mol. The van der Waals surface area contributed by atoms with Crippen LogP contribution in [0.1, 0.15) is 47.7 Å². The van der Waals surface area contributed by atoms with E-state index in [-0.39, 0.29) is 18.0 Å². The number of hydrogen-bond donors (Lipinski definition) is 4. The summed E-state index contributed by atoms with van der Waals surface area (Å²) < 4.78 is 11.2. The Labute approximate surface area is 233 Å². The number of ether oxygens (including phenoxy) is 2. The molecule has 0 aromatic heterocycles. The number of alkyl carbamates (subject to hydrolysis) is 1. The first-order valence-electron chi connectivity index (χ1n) is 13.3. The number of amides is 1. The zero-order valence-electron chi connectivity index (χ0n) is 22.5. The van der Waals surface area contributed by atoms with Gasteiger partial charge in [-0.05, 0) is 73.1 Å². The Morgan fingerprint density at radius 3 is 2.38 bits per heavy atom. The van der Waals surface area contributed by atoms with Crippen LogP contribution in [0.4, 0.5) is 4.79 Å². The van der Waals surface area contributed by atoms with Gasteiger partial charge in [-0.2, -0.15) is 0 Å². The van der Waals surface area contributed by atoms with Gasteiger partial charge >= 0.3 is 12.1 Å². The van der Waals surface area contributed by atoms with Crippen LogP contribution >= 0.6 is 0 Å². The number of carbonyl (C=O) groups is 2. The Bertz CT molecular complexity index is 1370. The van der Waals surface area contributed by atoms with E-state index < -0.39 is 12.1 Å². The number of nitrogens with one attached hydrogen (secondary N) is 3. The number of amidine groups is 2. The summed E-state index contributed by atoms with van der Waals surface area (Å²) in [7, 11) is 0. The summed E-state index contributed by atoms with van der Waals surface area (Å²) in [5.74, 6) is 0.381. The Balaban J connectivity index is 1.39. The van der Waals surface area contributed by atoms with Crippen molar-refractivity contribution in [1.82, 2.24) is 10.2 Å². The third kappa shape index (κ3) is 7.92. The molecule has 4 N–H and O–H groups in total. The van der Waals surface area contributed by atoms with E-state index in [1.807, 2.05) is 43.3 Å². The Morgan fingerprint density at radius 2 is 1.68 bits per heavy atom. The van der Waals surface area contributed by atoms with E-state index in [0.29, 0.717) is 40.8 Å². The van der Waals surface area contributed by atoms with E-state index in [4.69, 9.17) is 20.3 Å². The fraction of sp³-hybridized carbons (Fsp3) is 0.290. The monoisotopic (exact) mass is 542 g/mol. The molecule has 0 unspecified atom stereocenters. The van der Waals surface area contributed by atoms with Crippen molar-refractivity contribution in [2.45, 2.75) is 32.8 Å². The molecule has 1 fully saturated rings. The predicted octanol–water partition coefficient (Wildman–Crippen LogP) is 5.78. The van der Waals surface area contributed by atoms with Gasteiger partial charge in [0.05, 0.1) is 18.0 Å². The minimum absolute atomic E-state index is 0.0907. The normalized spacial score (nSPS) is 13.4. The minimum atomic E-state index is -1.06.